The van der Waals surface area contributed by atoms with Crippen LogP contribution >= 0.6 is 12.2 Å². The molecule has 0 saturated heterocycles. The van der Waals surface area contributed by atoms with Gasteiger partial charge in [0.1, 0.15) is 0 Å². The first-order chi connectivity index (χ1) is 11.8. The summed E-state index contributed by atoms with van der Waals surface area (Å²) in [6.45, 7) is 1.91. The lowest BCUT2D eigenvalue weighted by Crippen LogP contribution is -2.34. The Hall–Kier alpha value is -2.65. The minimum atomic E-state index is -4.02. The quantitative estimate of drug-likeness (QED) is 0.610. The molecule has 2 aromatic carbocycles. The van der Waals surface area contributed by atoms with Crippen molar-refractivity contribution in [1.82, 2.24) is 10.0 Å². The molecule has 132 valence electrons. The van der Waals surface area contributed by atoms with Crippen LogP contribution in [-0.2, 0) is 10.0 Å². The monoisotopic (exact) mass is 378 g/mol. The fraction of sp³-hybridized carbons (Fsp3) is 0.125. The highest BCUT2D eigenvalue weighted by Crippen LogP contribution is 2.16. The molecule has 0 spiro atoms. The summed E-state index contributed by atoms with van der Waals surface area (Å²) in [5.74, 6) is 0. The summed E-state index contributed by atoms with van der Waals surface area (Å²) >= 11 is 4.97. The Bertz CT molecular complexity index is 881. The Balaban J connectivity index is 2.10. The van der Waals surface area contributed by atoms with Crippen molar-refractivity contribution in [3.63, 3.8) is 0 Å². The number of hydrogen-bond acceptors (Lipinski definition) is 4. The predicted molar refractivity (Wildman–Crippen MR) is 102 cm³/mol. The zero-order chi connectivity index (χ0) is 18.4. The molecular weight excluding hydrogens is 360 g/mol. The van der Waals surface area contributed by atoms with E-state index >= 15 is 0 Å². The van der Waals surface area contributed by atoms with E-state index in [1.165, 1.54) is 12.1 Å². The first-order valence-electron chi connectivity index (χ1n) is 7.29. The van der Waals surface area contributed by atoms with E-state index in [1.807, 2.05) is 23.8 Å². The van der Waals surface area contributed by atoms with Crippen LogP contribution in [0.3, 0.4) is 0 Å². The normalized spacial score (nSPS) is 10.6. The van der Waals surface area contributed by atoms with Crippen molar-refractivity contribution in [2.24, 2.45) is 0 Å². The van der Waals surface area contributed by atoms with Gasteiger partial charge < -0.3 is 16.0 Å². The second kappa shape index (κ2) is 7.95. The second-order valence-corrected chi connectivity index (χ2v) is 7.25. The number of urea groups is 1. The number of anilines is 2. The van der Waals surface area contributed by atoms with Crippen LogP contribution in [0.5, 0.6) is 0 Å². The highest BCUT2D eigenvalue weighted by atomic mass is 32.2. The van der Waals surface area contributed by atoms with Gasteiger partial charge in [-0.3, -0.25) is 0 Å². The van der Waals surface area contributed by atoms with E-state index in [-0.39, 0.29) is 4.90 Å². The number of carbonyl (C=O) groups is 1. The molecule has 0 aliphatic rings. The zero-order valence-corrected chi connectivity index (χ0v) is 15.3. The number of benzene rings is 2. The van der Waals surface area contributed by atoms with Crippen molar-refractivity contribution in [2.45, 2.75) is 11.8 Å². The summed E-state index contributed by atoms with van der Waals surface area (Å²) in [5, 5.41) is 8.38. The predicted octanol–water partition coefficient (Wildman–Crippen LogP) is 2.42. The SMILES string of the molecule is CNC(=S)Nc1cccc(S(=O)(=O)NC(=O)Nc2ccc(C)cc2)c1. The van der Waals surface area contributed by atoms with Crippen molar-refractivity contribution < 1.29 is 13.2 Å². The average molecular weight is 378 g/mol. The molecule has 2 amide bonds. The maximum absolute atomic E-state index is 12.3. The molecule has 2 aromatic rings. The summed E-state index contributed by atoms with van der Waals surface area (Å²) in [4.78, 5) is 11.9. The first-order valence-corrected chi connectivity index (χ1v) is 9.18. The standard InChI is InChI=1S/C16H18N4O3S2/c1-11-6-8-12(9-7-11)18-15(21)20-25(22,23)14-5-3-4-13(10-14)19-16(24)17-2/h3-10H,1-2H3,(H2,17,19,24)(H2,18,20,21). The van der Waals surface area contributed by atoms with E-state index in [0.29, 0.717) is 16.5 Å². The van der Waals surface area contributed by atoms with Gasteiger partial charge in [-0.15, -0.1) is 0 Å². The van der Waals surface area contributed by atoms with Crippen molar-refractivity contribution in [2.75, 3.05) is 17.7 Å². The topological polar surface area (TPSA) is 99.3 Å². The lowest BCUT2D eigenvalue weighted by molar-refractivity contribution is 0.256. The molecule has 0 radical (unpaired) electrons. The van der Waals surface area contributed by atoms with E-state index < -0.39 is 16.1 Å². The number of rotatable bonds is 4. The van der Waals surface area contributed by atoms with Crippen LogP contribution in [0, 0.1) is 6.92 Å². The molecule has 25 heavy (non-hydrogen) atoms. The number of hydrogen-bond donors (Lipinski definition) is 4. The zero-order valence-electron chi connectivity index (χ0n) is 13.7. The fourth-order valence-electron chi connectivity index (χ4n) is 1.91. The molecule has 4 N–H and O–H groups in total. The number of amides is 2. The molecule has 0 bridgehead atoms. The molecule has 0 saturated carbocycles. The van der Waals surface area contributed by atoms with Gasteiger partial charge >= 0.3 is 6.03 Å². The summed E-state index contributed by atoms with van der Waals surface area (Å²) in [6, 6.07) is 12.1. The van der Waals surface area contributed by atoms with Crippen molar-refractivity contribution in [3.8, 4) is 0 Å². The smallest absolute Gasteiger partial charge is 0.333 e. The number of sulfonamides is 1. The molecule has 0 atom stereocenters. The van der Waals surface area contributed by atoms with Crippen LogP contribution in [0.25, 0.3) is 0 Å². The Morgan fingerprint density at radius 3 is 2.32 bits per heavy atom. The maximum Gasteiger partial charge on any atom is 0.333 e. The minimum Gasteiger partial charge on any atom is -0.366 e. The van der Waals surface area contributed by atoms with E-state index in [4.69, 9.17) is 12.2 Å². The third-order valence-corrected chi connectivity index (χ3v) is 4.80. The molecule has 9 heteroatoms. The molecular formula is C16H18N4O3S2. The Labute approximate surface area is 151 Å². The van der Waals surface area contributed by atoms with Crippen molar-refractivity contribution >= 4 is 44.8 Å². The average Bonchev–Trinajstić information content (AvgIpc) is 2.56. The summed E-state index contributed by atoms with van der Waals surface area (Å²) in [5.41, 5.74) is 2.01. The van der Waals surface area contributed by atoms with Crippen molar-refractivity contribution in [3.05, 3.63) is 54.1 Å². The molecule has 0 fully saturated rings. The highest BCUT2D eigenvalue weighted by Gasteiger charge is 2.18. The molecule has 0 aliphatic carbocycles. The summed E-state index contributed by atoms with van der Waals surface area (Å²) in [6.07, 6.45) is 0. The van der Waals surface area contributed by atoms with E-state index in [1.54, 1.807) is 31.3 Å². The highest BCUT2D eigenvalue weighted by molar-refractivity contribution is 7.90. The Morgan fingerprint density at radius 1 is 1.00 bits per heavy atom. The van der Waals surface area contributed by atoms with Gasteiger partial charge in [0.15, 0.2) is 5.11 Å². The number of aryl methyl sites for hydroxylation is 1. The summed E-state index contributed by atoms with van der Waals surface area (Å²) in [7, 11) is -2.37. The third kappa shape index (κ3) is 5.44. The van der Waals surface area contributed by atoms with E-state index in [2.05, 4.69) is 16.0 Å². The van der Waals surface area contributed by atoms with Gasteiger partial charge in [-0.2, -0.15) is 0 Å². The van der Waals surface area contributed by atoms with Crippen LogP contribution in [0.4, 0.5) is 16.2 Å². The molecule has 0 aromatic heterocycles. The minimum absolute atomic E-state index is 0.0598. The largest absolute Gasteiger partial charge is 0.366 e. The summed E-state index contributed by atoms with van der Waals surface area (Å²) < 4.78 is 26.7. The van der Waals surface area contributed by atoms with Crippen molar-refractivity contribution in [1.29, 1.82) is 0 Å². The fourth-order valence-corrected chi connectivity index (χ4v) is 2.98. The van der Waals surface area contributed by atoms with Gasteiger partial charge in [-0.25, -0.2) is 17.9 Å². The lowest BCUT2D eigenvalue weighted by atomic mass is 10.2. The van der Waals surface area contributed by atoms with Crippen LogP contribution in [0.1, 0.15) is 5.56 Å². The maximum atomic E-state index is 12.3. The van der Waals surface area contributed by atoms with Gasteiger partial charge in [-0.05, 0) is 49.5 Å². The third-order valence-electron chi connectivity index (χ3n) is 3.17. The molecule has 0 unspecified atom stereocenters. The van der Waals surface area contributed by atoms with Gasteiger partial charge in [0.05, 0.1) is 4.90 Å². The Kier molecular flexibility index (Phi) is 5.94. The number of carbonyl (C=O) groups excluding carboxylic acids is 1. The second-order valence-electron chi connectivity index (χ2n) is 5.16. The van der Waals surface area contributed by atoms with E-state index in [9.17, 15) is 13.2 Å². The van der Waals surface area contributed by atoms with Crippen LogP contribution in [-0.4, -0.2) is 26.6 Å². The molecule has 2 rings (SSSR count). The van der Waals surface area contributed by atoms with Gasteiger partial charge in [0.25, 0.3) is 10.0 Å². The lowest BCUT2D eigenvalue weighted by Gasteiger charge is -2.11. The van der Waals surface area contributed by atoms with Crippen LogP contribution in [0.2, 0.25) is 0 Å². The number of thiocarbonyl (C=S) groups is 1. The van der Waals surface area contributed by atoms with Crippen LogP contribution < -0.4 is 20.7 Å². The molecule has 0 aliphatic heterocycles. The first kappa shape index (κ1) is 18.7. The van der Waals surface area contributed by atoms with Gasteiger partial charge in [-0.1, -0.05) is 23.8 Å². The number of nitrogens with one attached hydrogen (secondary N) is 4. The molecule has 0 heterocycles. The molecule has 7 nitrogen and oxygen atoms in total. The Morgan fingerprint density at radius 2 is 1.68 bits per heavy atom. The van der Waals surface area contributed by atoms with E-state index in [0.717, 1.165) is 5.56 Å². The van der Waals surface area contributed by atoms with Gasteiger partial charge in [0.2, 0.25) is 0 Å². The van der Waals surface area contributed by atoms with Crippen LogP contribution in [0.15, 0.2) is 53.4 Å². The van der Waals surface area contributed by atoms with Gasteiger partial charge in [0, 0.05) is 18.4 Å².